The van der Waals surface area contributed by atoms with Crippen molar-refractivity contribution in [2.45, 2.75) is 38.5 Å². The van der Waals surface area contributed by atoms with Crippen molar-refractivity contribution in [2.75, 3.05) is 0 Å². The van der Waals surface area contributed by atoms with Crippen molar-refractivity contribution in [3.8, 4) is 127 Å². The van der Waals surface area contributed by atoms with Crippen LogP contribution in [0.15, 0.2) is 299 Å². The number of hydrogen-bond acceptors (Lipinski definition) is 14. The molecule has 2 aliphatic carbocycles. The smallest absolute Gasteiger partial charge is 0.248 e. The van der Waals surface area contributed by atoms with Gasteiger partial charge >= 0.3 is 0 Å². The van der Waals surface area contributed by atoms with Gasteiger partial charge in [0.05, 0.1) is 10.8 Å². The van der Waals surface area contributed by atoms with Crippen molar-refractivity contribution in [1.82, 2.24) is 20.4 Å². The van der Waals surface area contributed by atoms with Crippen molar-refractivity contribution in [3.05, 3.63) is 355 Å². The van der Waals surface area contributed by atoms with Crippen molar-refractivity contribution < 1.29 is 8.83 Å². The molecule has 6 nitrogen and oxygen atoms in total. The maximum atomic E-state index is 6.12. The number of aromatic nitrogens is 4. The second-order valence-corrected chi connectivity index (χ2v) is 34.7. The van der Waals surface area contributed by atoms with E-state index in [4.69, 9.17) is 8.83 Å². The fourth-order valence-corrected chi connectivity index (χ4v) is 23.5. The summed E-state index contributed by atoms with van der Waals surface area (Å²) in [5, 5.41) is 21.7. The Kier molecular flexibility index (Phi) is 16.4. The molecule has 0 saturated carbocycles. The zero-order valence-electron chi connectivity index (χ0n) is 56.6. The molecule has 10 aromatic heterocycles. The van der Waals surface area contributed by atoms with Crippen LogP contribution >= 0.6 is 90.7 Å². The van der Waals surface area contributed by atoms with Crippen molar-refractivity contribution in [3.63, 3.8) is 0 Å². The first-order chi connectivity index (χ1) is 51.1. The number of hydrogen-bond donors (Lipinski definition) is 0. The number of benzene rings is 8. The quantitative estimate of drug-likeness (QED) is 0.108. The van der Waals surface area contributed by atoms with Crippen molar-refractivity contribution in [1.29, 1.82) is 0 Å². The lowest BCUT2D eigenvalue weighted by atomic mass is 9.67. The van der Waals surface area contributed by atoms with E-state index in [-0.39, 0.29) is 0 Å². The summed E-state index contributed by atoms with van der Waals surface area (Å²) >= 11 is 15.1. The molecule has 2 aliphatic rings. The molecule has 0 atom stereocenters. The van der Waals surface area contributed by atoms with E-state index in [1.807, 2.05) is 151 Å². The van der Waals surface area contributed by atoms with Crippen LogP contribution in [0.25, 0.3) is 127 Å². The normalized spacial score (nSPS) is 13.0. The molecule has 14 heteroatoms. The van der Waals surface area contributed by atoms with E-state index >= 15 is 0 Å². The van der Waals surface area contributed by atoms with Crippen LogP contribution < -0.4 is 0 Å². The molecule has 0 amide bonds. The molecule has 0 saturated heterocycles. The van der Waals surface area contributed by atoms with Gasteiger partial charge in [0.2, 0.25) is 23.6 Å². The second-order valence-electron chi connectivity index (χ2n) is 26.3. The van der Waals surface area contributed by atoms with Gasteiger partial charge in [-0.1, -0.05) is 168 Å². The molecule has 0 aliphatic heterocycles. The van der Waals surface area contributed by atoms with Crippen LogP contribution in [0.3, 0.4) is 0 Å². The molecule has 18 aromatic rings. The van der Waals surface area contributed by atoms with Gasteiger partial charge in [-0.3, -0.25) is 0 Å². The predicted octanol–water partition coefficient (Wildman–Crippen LogP) is 27.3. The molecule has 500 valence electrons. The van der Waals surface area contributed by atoms with Crippen LogP contribution in [-0.4, -0.2) is 20.4 Å². The van der Waals surface area contributed by atoms with Gasteiger partial charge in [0.15, 0.2) is 0 Å². The third-order valence-electron chi connectivity index (χ3n) is 19.8. The van der Waals surface area contributed by atoms with Gasteiger partial charge in [-0.15, -0.1) is 111 Å². The minimum atomic E-state index is -0.576. The van der Waals surface area contributed by atoms with Gasteiger partial charge in [0, 0.05) is 90.5 Å². The molecule has 0 bridgehead atoms. The molecule has 0 unspecified atom stereocenters. The first kappa shape index (κ1) is 64.5. The molecule has 20 rings (SSSR count). The SMILES string of the molecule is Cc1ccc2c(c1)C(c1ccc(-c3ccc(-c4ccc(-c5cccs5)s4)s3)s1)(c1ccc(-c3ccc(-c4ccc(-c5cccs5)s4)s3)s1)c1cc(C)ccc1-2.Cc1ccc2c(c1)C(c1ccc(-c3nnc(-c4ccccc4)o3)cc1)(c1ccc(-c3nnc(-c4ccccc4)o3)cc1)c1cc(C)ccc1-2. The summed E-state index contributed by atoms with van der Waals surface area (Å²) in [6, 6.07) is 101. The van der Waals surface area contributed by atoms with Crippen LogP contribution in [-0.2, 0) is 10.8 Å². The lowest BCUT2D eigenvalue weighted by Crippen LogP contribution is -2.28. The zero-order valence-corrected chi connectivity index (χ0v) is 63.1. The number of aryl methyl sites for hydroxylation is 4. The standard InChI is InChI=1S/C47H30S8.C43H30N4O2/c1-27-7-9-29-30-10-8-28(2)26-32(30)47(31(29)25-27,45-21-19-43(54-45)41-17-15-39(52-41)37-13-11-35(50-37)33-5-3-23-48-33)46-22-20-44(55-46)42-18-16-40(53-42)38-14-12-36(51-38)34-6-4-24-49-34;1-27-13-23-35-36-24-14-28(2)26-38(36)43(37(35)25-27,33-19-15-31(16-20-33)41-46-44-39(48-41)29-9-5-3-6-10-29)34-21-17-32(18-22-34)42-47-45-40(49-42)30-11-7-4-8-12-30/h3-26H,1-2H3;3-26H,1-2H3. The van der Waals surface area contributed by atoms with Gasteiger partial charge in [-0.05, 0) is 228 Å². The Balaban J connectivity index is 0.000000144. The van der Waals surface area contributed by atoms with Gasteiger partial charge in [0.25, 0.3) is 0 Å². The van der Waals surface area contributed by atoms with Gasteiger partial charge in [-0.2, -0.15) is 0 Å². The molecule has 104 heavy (non-hydrogen) atoms. The van der Waals surface area contributed by atoms with E-state index in [9.17, 15) is 0 Å². The largest absolute Gasteiger partial charge is 0.416 e. The predicted molar refractivity (Wildman–Crippen MR) is 440 cm³/mol. The van der Waals surface area contributed by atoms with Crippen LogP contribution in [0.5, 0.6) is 0 Å². The average Bonchev–Trinajstić information content (AvgIpc) is 1.53. The molecule has 0 N–H and O–H groups in total. The molecule has 10 heterocycles. The van der Waals surface area contributed by atoms with Crippen LogP contribution in [0, 0.1) is 27.7 Å². The van der Waals surface area contributed by atoms with Gasteiger partial charge in [0.1, 0.15) is 0 Å². The maximum absolute atomic E-state index is 6.12. The highest BCUT2D eigenvalue weighted by Crippen LogP contribution is 2.62. The van der Waals surface area contributed by atoms with Gasteiger partial charge in [-0.25, -0.2) is 0 Å². The third-order valence-corrected chi connectivity index (χ3v) is 29.5. The summed E-state index contributed by atoms with van der Waals surface area (Å²) in [6.45, 7) is 8.79. The fraction of sp³-hybridized carbons (Fsp3) is 0.0667. The number of fused-ring (bicyclic) bond motifs is 6. The molecule has 0 radical (unpaired) electrons. The van der Waals surface area contributed by atoms with E-state index in [0.717, 1.165) is 33.4 Å². The van der Waals surface area contributed by atoms with E-state index in [1.54, 1.807) is 0 Å². The second kappa shape index (κ2) is 26.4. The van der Waals surface area contributed by atoms with Crippen LogP contribution in [0.4, 0.5) is 0 Å². The first-order valence-corrected chi connectivity index (χ1v) is 40.9. The molecular formula is C90H60N4O2S8. The highest BCUT2D eigenvalue weighted by molar-refractivity contribution is 7.29. The number of thiophene rings is 8. The van der Waals surface area contributed by atoms with E-state index in [1.165, 1.54) is 135 Å². The summed E-state index contributed by atoms with van der Waals surface area (Å²) in [6.07, 6.45) is 0. The first-order valence-electron chi connectivity index (χ1n) is 34.2. The lowest BCUT2D eigenvalue weighted by molar-refractivity contribution is 0.584. The Hall–Kier alpha value is -10.4. The summed E-state index contributed by atoms with van der Waals surface area (Å²) < 4.78 is 12.2. The monoisotopic (exact) mass is 1480 g/mol. The van der Waals surface area contributed by atoms with Gasteiger partial charge < -0.3 is 8.83 Å². The highest BCUT2D eigenvalue weighted by atomic mass is 32.1. The Morgan fingerprint density at radius 2 is 0.519 bits per heavy atom. The topological polar surface area (TPSA) is 77.8 Å². The lowest BCUT2D eigenvalue weighted by Gasteiger charge is -2.34. The average molecular weight is 1490 g/mol. The van der Waals surface area contributed by atoms with Crippen LogP contribution in [0.1, 0.15) is 65.4 Å². The molecular weight excluding hydrogens is 1430 g/mol. The maximum Gasteiger partial charge on any atom is 0.248 e. The van der Waals surface area contributed by atoms with Crippen LogP contribution in [0.2, 0.25) is 0 Å². The molecule has 8 aromatic carbocycles. The minimum Gasteiger partial charge on any atom is -0.416 e. The van der Waals surface area contributed by atoms with E-state index < -0.39 is 10.8 Å². The molecule has 0 fully saturated rings. The number of rotatable bonds is 14. The zero-order chi connectivity index (χ0) is 69.6. The Morgan fingerprint density at radius 1 is 0.240 bits per heavy atom. The number of nitrogens with zero attached hydrogens (tertiary/aromatic N) is 4. The van der Waals surface area contributed by atoms with E-state index in [0.29, 0.717) is 23.6 Å². The van der Waals surface area contributed by atoms with Crippen molar-refractivity contribution >= 4 is 90.7 Å². The minimum absolute atomic E-state index is 0.401. The summed E-state index contributed by atoms with van der Waals surface area (Å²) in [5.41, 5.74) is 20.3. The Bertz CT molecular complexity index is 5800. The summed E-state index contributed by atoms with van der Waals surface area (Å²) in [4.78, 5) is 18.8. The summed E-state index contributed by atoms with van der Waals surface area (Å²) in [7, 11) is 0. The molecule has 0 spiro atoms. The third kappa shape index (κ3) is 11.2. The van der Waals surface area contributed by atoms with Crippen molar-refractivity contribution in [2.24, 2.45) is 0 Å². The Labute approximate surface area is 634 Å². The summed E-state index contributed by atoms with van der Waals surface area (Å²) in [5.74, 6) is 1.96. The fourth-order valence-electron chi connectivity index (χ4n) is 14.9. The highest BCUT2D eigenvalue weighted by Gasteiger charge is 2.49. The Morgan fingerprint density at radius 3 is 0.827 bits per heavy atom. The van der Waals surface area contributed by atoms with E-state index in [2.05, 4.69) is 277 Å².